The Morgan fingerprint density at radius 3 is 2.67 bits per heavy atom. The van der Waals surface area contributed by atoms with Gasteiger partial charge in [0.1, 0.15) is 0 Å². The summed E-state index contributed by atoms with van der Waals surface area (Å²) in [4.78, 5) is 26.8. The second-order valence-electron chi connectivity index (χ2n) is 4.80. The maximum atomic E-state index is 11.0. The SMILES string of the molecule is COc1cccc(C2OON(c3cccc(C(=O)O)c3)O2)c1OC. The Morgan fingerprint density at radius 2 is 1.96 bits per heavy atom. The molecule has 0 amide bonds. The molecule has 126 valence electrons. The number of hydrogen-bond donors (Lipinski definition) is 1. The van der Waals surface area contributed by atoms with Crippen LogP contribution < -0.4 is 14.7 Å². The lowest BCUT2D eigenvalue weighted by molar-refractivity contribution is -0.286. The number of anilines is 1. The monoisotopic (exact) mass is 333 g/mol. The molecule has 0 aliphatic carbocycles. The minimum atomic E-state index is -1.05. The van der Waals surface area contributed by atoms with Gasteiger partial charge in [-0.2, -0.15) is 4.89 Å². The largest absolute Gasteiger partial charge is 0.493 e. The number of carboxylic acid groups (broad SMARTS) is 1. The molecule has 1 saturated heterocycles. The lowest BCUT2D eigenvalue weighted by Crippen LogP contribution is -2.15. The van der Waals surface area contributed by atoms with Crippen molar-refractivity contribution >= 4 is 11.7 Å². The van der Waals surface area contributed by atoms with Gasteiger partial charge in [0.2, 0.25) is 0 Å². The summed E-state index contributed by atoms with van der Waals surface area (Å²) >= 11 is 0. The molecule has 2 aromatic carbocycles. The average Bonchev–Trinajstić information content (AvgIpc) is 3.11. The first-order valence-electron chi connectivity index (χ1n) is 6.98. The highest BCUT2D eigenvalue weighted by molar-refractivity contribution is 5.88. The highest BCUT2D eigenvalue weighted by atomic mass is 17.4. The van der Waals surface area contributed by atoms with Crippen LogP contribution in [0.1, 0.15) is 22.2 Å². The second kappa shape index (κ2) is 6.75. The molecule has 1 fully saturated rings. The van der Waals surface area contributed by atoms with E-state index in [1.54, 1.807) is 30.3 Å². The van der Waals surface area contributed by atoms with E-state index in [1.165, 1.54) is 26.4 Å². The minimum Gasteiger partial charge on any atom is -0.493 e. The van der Waals surface area contributed by atoms with Gasteiger partial charge in [-0.1, -0.05) is 22.3 Å². The number of carbonyl (C=O) groups is 1. The number of hydrogen-bond acceptors (Lipinski definition) is 7. The van der Waals surface area contributed by atoms with Gasteiger partial charge in [0.25, 0.3) is 6.29 Å². The Labute approximate surface area is 137 Å². The molecule has 8 nitrogen and oxygen atoms in total. The van der Waals surface area contributed by atoms with Gasteiger partial charge in [-0.25, -0.2) is 9.63 Å². The Balaban J connectivity index is 1.83. The van der Waals surface area contributed by atoms with E-state index in [4.69, 9.17) is 29.3 Å². The van der Waals surface area contributed by atoms with E-state index in [2.05, 4.69) is 0 Å². The Hall–Kier alpha value is -2.81. The molecule has 0 spiro atoms. The van der Waals surface area contributed by atoms with Gasteiger partial charge in [0, 0.05) is 0 Å². The zero-order chi connectivity index (χ0) is 17.1. The summed E-state index contributed by atoms with van der Waals surface area (Å²) in [6.45, 7) is 0. The molecule has 1 aliphatic heterocycles. The maximum absolute atomic E-state index is 11.0. The van der Waals surface area contributed by atoms with E-state index in [0.717, 1.165) is 5.23 Å². The van der Waals surface area contributed by atoms with Crippen LogP contribution >= 0.6 is 0 Å². The van der Waals surface area contributed by atoms with E-state index in [1.807, 2.05) is 0 Å². The van der Waals surface area contributed by atoms with Crippen molar-refractivity contribution in [1.29, 1.82) is 0 Å². The molecule has 1 unspecified atom stereocenters. The fraction of sp³-hybridized carbons (Fsp3) is 0.188. The van der Waals surface area contributed by atoms with Gasteiger partial charge in [-0.3, -0.25) is 0 Å². The summed E-state index contributed by atoms with van der Waals surface area (Å²) in [6, 6.07) is 11.3. The predicted octanol–water partition coefficient (Wildman–Crippen LogP) is 2.72. The molecule has 1 N–H and O–H groups in total. The van der Waals surface area contributed by atoms with E-state index in [-0.39, 0.29) is 5.56 Å². The van der Waals surface area contributed by atoms with Gasteiger partial charge < -0.3 is 14.6 Å². The molecule has 3 rings (SSSR count). The zero-order valence-electron chi connectivity index (χ0n) is 13.0. The zero-order valence-corrected chi connectivity index (χ0v) is 13.0. The molecule has 0 aromatic heterocycles. The number of para-hydroxylation sites is 1. The van der Waals surface area contributed by atoms with Crippen molar-refractivity contribution in [3.05, 3.63) is 53.6 Å². The van der Waals surface area contributed by atoms with E-state index in [0.29, 0.717) is 22.7 Å². The molecule has 0 bridgehead atoms. The summed E-state index contributed by atoms with van der Waals surface area (Å²) in [5, 5.41) is 10.0. The smallest absolute Gasteiger partial charge is 0.335 e. The third kappa shape index (κ3) is 2.98. The van der Waals surface area contributed by atoms with Gasteiger partial charge >= 0.3 is 5.97 Å². The lowest BCUT2D eigenvalue weighted by Gasteiger charge is -2.15. The summed E-state index contributed by atoms with van der Waals surface area (Å²) in [5.41, 5.74) is 1.04. The van der Waals surface area contributed by atoms with Crippen molar-refractivity contribution in [1.82, 2.24) is 0 Å². The van der Waals surface area contributed by atoms with Crippen LogP contribution in [0.15, 0.2) is 42.5 Å². The molecule has 24 heavy (non-hydrogen) atoms. The number of ether oxygens (including phenoxy) is 2. The molecule has 1 atom stereocenters. The van der Waals surface area contributed by atoms with Crippen LogP contribution in [0.5, 0.6) is 11.5 Å². The number of carboxylic acids is 1. The predicted molar refractivity (Wildman–Crippen MR) is 81.4 cm³/mol. The Morgan fingerprint density at radius 1 is 1.17 bits per heavy atom. The molecule has 1 aliphatic rings. The van der Waals surface area contributed by atoms with Crippen LogP contribution in [-0.4, -0.2) is 25.3 Å². The minimum absolute atomic E-state index is 0.0992. The van der Waals surface area contributed by atoms with Crippen molar-refractivity contribution in [3.8, 4) is 11.5 Å². The highest BCUT2D eigenvalue weighted by Crippen LogP contribution is 2.40. The number of nitrogens with zero attached hydrogens (tertiary/aromatic N) is 1. The Kier molecular flexibility index (Phi) is 4.52. The van der Waals surface area contributed by atoms with Crippen molar-refractivity contribution in [2.75, 3.05) is 19.4 Å². The molecule has 2 aromatic rings. The van der Waals surface area contributed by atoms with Gasteiger partial charge in [-0.15, -0.1) is 0 Å². The second-order valence-corrected chi connectivity index (χ2v) is 4.80. The summed E-state index contributed by atoms with van der Waals surface area (Å²) < 4.78 is 10.6. The topological polar surface area (TPSA) is 86.7 Å². The van der Waals surface area contributed by atoms with Gasteiger partial charge in [0.15, 0.2) is 11.5 Å². The Bertz CT molecular complexity index is 749. The van der Waals surface area contributed by atoms with E-state index < -0.39 is 12.3 Å². The van der Waals surface area contributed by atoms with Crippen LogP contribution in [0.3, 0.4) is 0 Å². The van der Waals surface area contributed by atoms with Crippen molar-refractivity contribution in [2.24, 2.45) is 0 Å². The first-order chi connectivity index (χ1) is 11.6. The highest BCUT2D eigenvalue weighted by Gasteiger charge is 2.32. The standard InChI is InChI=1S/C16H15NO7/c1-20-13-8-4-7-12(14(13)21-2)16-22-17(24-23-16)11-6-3-5-10(9-11)15(18)19/h3-9,16H,1-2H3,(H,18,19). The van der Waals surface area contributed by atoms with Crippen molar-refractivity contribution in [3.63, 3.8) is 0 Å². The average molecular weight is 333 g/mol. The number of methoxy groups -OCH3 is 2. The van der Waals surface area contributed by atoms with Crippen molar-refractivity contribution in [2.45, 2.75) is 6.29 Å². The third-order valence-electron chi connectivity index (χ3n) is 3.38. The van der Waals surface area contributed by atoms with Crippen LogP contribution in [0.4, 0.5) is 5.69 Å². The number of benzene rings is 2. The van der Waals surface area contributed by atoms with E-state index >= 15 is 0 Å². The molecule has 0 radical (unpaired) electrons. The summed E-state index contributed by atoms with van der Waals surface area (Å²) in [5.74, 6) is -0.0776. The molecular formula is C16H15NO7. The summed E-state index contributed by atoms with van der Waals surface area (Å²) in [6.07, 6.45) is -0.900. The lowest BCUT2D eigenvalue weighted by atomic mass is 10.2. The van der Waals surface area contributed by atoms with Gasteiger partial charge in [-0.05, 0) is 30.3 Å². The fourth-order valence-electron chi connectivity index (χ4n) is 2.26. The number of aromatic carboxylic acids is 1. The quantitative estimate of drug-likeness (QED) is 0.836. The summed E-state index contributed by atoms with van der Waals surface area (Å²) in [7, 11) is 3.03. The molecule has 8 heteroatoms. The molecular weight excluding hydrogens is 318 g/mol. The van der Waals surface area contributed by atoms with Crippen LogP contribution in [0.25, 0.3) is 0 Å². The first kappa shape index (κ1) is 16.1. The van der Waals surface area contributed by atoms with Crippen LogP contribution in [0.2, 0.25) is 0 Å². The maximum Gasteiger partial charge on any atom is 0.335 e. The third-order valence-corrected chi connectivity index (χ3v) is 3.38. The first-order valence-corrected chi connectivity index (χ1v) is 6.98. The molecule has 0 saturated carbocycles. The van der Waals surface area contributed by atoms with Crippen LogP contribution in [-0.2, 0) is 14.7 Å². The van der Waals surface area contributed by atoms with Crippen molar-refractivity contribution < 1.29 is 34.1 Å². The fourth-order valence-corrected chi connectivity index (χ4v) is 2.26. The molecule has 1 heterocycles. The van der Waals surface area contributed by atoms with E-state index in [9.17, 15) is 4.79 Å². The van der Waals surface area contributed by atoms with Crippen LogP contribution in [0, 0.1) is 0 Å². The van der Waals surface area contributed by atoms with Gasteiger partial charge in [0.05, 0.1) is 31.0 Å². The number of rotatable bonds is 5. The normalized spacial score (nSPS) is 16.9.